The predicted octanol–water partition coefficient (Wildman–Crippen LogP) is 4.02. The Morgan fingerprint density at radius 3 is 1.94 bits per heavy atom. The summed E-state index contributed by atoms with van der Waals surface area (Å²) in [6.07, 6.45) is 2.86. The molecule has 10 aliphatic heterocycles. The normalized spacial score (nSPS) is 113. The summed E-state index contributed by atoms with van der Waals surface area (Å²) < 4.78 is 6.75. The van der Waals surface area contributed by atoms with E-state index >= 15 is 0 Å². The van der Waals surface area contributed by atoms with Gasteiger partial charge in [-0.05, 0) is 0 Å². The van der Waals surface area contributed by atoms with E-state index < -0.39 is 6.51 Å². The molecule has 0 bridgehead atoms. The molecule has 4 unspecified atom stereocenters. The summed E-state index contributed by atoms with van der Waals surface area (Å²) in [6, 6.07) is 0. The number of ether oxygens (including phenoxy) is 1. The van der Waals surface area contributed by atoms with Gasteiger partial charge in [0, 0.05) is 0 Å². The fraction of sp³-hybridized carbons (Fsp3) is 0.933. The zero-order valence-electron chi connectivity index (χ0n) is 10.5. The van der Waals surface area contributed by atoms with Gasteiger partial charge in [-0.3, -0.25) is 0 Å². The zero-order chi connectivity index (χ0) is 11.4. The Bertz CT molecular complexity index is 911. The molecule has 0 amide bonds. The van der Waals surface area contributed by atoms with E-state index in [2.05, 4.69) is 6.92 Å². The molecular formula is C15H18FeO2. The van der Waals surface area contributed by atoms with E-state index in [1.165, 1.54) is 33.7 Å². The number of hydrogen-bond donors (Lipinski definition) is 0. The fourth-order valence-electron chi connectivity index (χ4n) is 16.8. The molecule has 0 aromatic heterocycles. The van der Waals surface area contributed by atoms with Crippen molar-refractivity contribution in [3.63, 3.8) is 0 Å². The Kier molecular flexibility index (Phi) is 0.238. The van der Waals surface area contributed by atoms with Crippen LogP contribution in [0.3, 0.4) is 0 Å². The third-order valence-electron chi connectivity index (χ3n) is 15.6. The van der Waals surface area contributed by atoms with Gasteiger partial charge < -0.3 is 0 Å². The molecule has 0 aromatic rings. The van der Waals surface area contributed by atoms with E-state index in [0.29, 0.717) is 10.9 Å². The molecule has 10 fully saturated rings. The molecule has 10 aliphatic rings. The molecule has 0 saturated carbocycles. The van der Waals surface area contributed by atoms with Gasteiger partial charge in [-0.25, -0.2) is 0 Å². The summed E-state index contributed by atoms with van der Waals surface area (Å²) in [5.41, 5.74) is 0. The van der Waals surface area contributed by atoms with Crippen molar-refractivity contribution >= 4 is 5.97 Å². The topological polar surface area (TPSA) is 26.3 Å². The maximum absolute atomic E-state index is 12.2. The number of hydrogen-bond acceptors (Lipinski definition) is 2. The summed E-state index contributed by atoms with van der Waals surface area (Å²) in [5, 5.41) is 0. The van der Waals surface area contributed by atoms with Crippen LogP contribution in [0.2, 0.25) is 43.3 Å². The van der Waals surface area contributed by atoms with E-state index in [1.54, 1.807) is 0 Å². The summed E-state index contributed by atoms with van der Waals surface area (Å²) >= 11 is 0. The Labute approximate surface area is 96.1 Å². The predicted molar refractivity (Wildman–Crippen MR) is 62.1 cm³/mol. The van der Waals surface area contributed by atoms with Crippen LogP contribution in [-0.4, -0.2) is 10.5 Å². The van der Waals surface area contributed by atoms with Crippen LogP contribution >= 0.6 is 0 Å². The molecule has 1 spiro atoms. The average Bonchev–Trinajstić information content (AvgIpc) is 3.29. The van der Waals surface area contributed by atoms with Crippen LogP contribution in [0.25, 0.3) is 0 Å². The van der Waals surface area contributed by atoms with Crippen molar-refractivity contribution in [3.8, 4) is 0 Å². The van der Waals surface area contributed by atoms with Gasteiger partial charge in [0.05, 0.1) is 0 Å². The Morgan fingerprint density at radius 2 is 1.61 bits per heavy atom. The second-order valence-electron chi connectivity index (χ2n) is 11.2. The SMILES string of the molecule is CCCCC(=O)O[C]12[CH]3[CH]4[CH]5[CH]1[Fe]45321678[CH]2[CH]1[CH]6[CH]7[CH]28. The van der Waals surface area contributed by atoms with Crippen molar-refractivity contribution in [3.05, 3.63) is 0 Å². The number of esters is 1. The maximum atomic E-state index is 12.2. The van der Waals surface area contributed by atoms with Gasteiger partial charge in [0.2, 0.25) is 0 Å². The Balaban J connectivity index is 1.31. The number of rotatable bonds is 4. The first-order valence-corrected chi connectivity index (χ1v) is 14.2. The molecule has 0 N–H and O–H groups in total. The third-order valence-corrected chi connectivity index (χ3v) is 57.4. The van der Waals surface area contributed by atoms with Gasteiger partial charge in [-0.1, -0.05) is 0 Å². The van der Waals surface area contributed by atoms with Gasteiger partial charge >= 0.3 is 96.0 Å². The van der Waals surface area contributed by atoms with E-state index in [-0.39, 0.29) is 5.97 Å². The van der Waals surface area contributed by atoms with Gasteiger partial charge in [-0.15, -0.1) is 0 Å². The number of unbranched alkanes of at least 4 members (excludes halogenated alkanes) is 1. The first-order valence-electron chi connectivity index (χ1n) is 7.93. The van der Waals surface area contributed by atoms with Crippen LogP contribution in [0, 0.1) is 0 Å². The Morgan fingerprint density at radius 1 is 1.06 bits per heavy atom. The number of fused-ring (bicyclic) bond motifs is 10. The van der Waals surface area contributed by atoms with Crippen LogP contribution in [0.5, 0.6) is 0 Å². The van der Waals surface area contributed by atoms with Crippen LogP contribution in [-0.2, 0) is 16.0 Å². The monoisotopic (exact) mass is 286 g/mol. The molecule has 2 nitrogen and oxygen atoms in total. The summed E-state index contributed by atoms with van der Waals surface area (Å²) in [5.74, 6) is 0.199. The molecule has 18 heavy (non-hydrogen) atoms. The molecule has 0 aliphatic carbocycles. The Hall–Kier alpha value is -0.0105. The molecule has 3 heteroatoms. The zero-order valence-corrected chi connectivity index (χ0v) is 11.6. The first kappa shape index (κ1) is 7.13. The van der Waals surface area contributed by atoms with E-state index in [9.17, 15) is 4.79 Å². The number of carbonyl (C=O) groups is 1. The van der Waals surface area contributed by atoms with Gasteiger partial charge in [-0.2, -0.15) is 0 Å². The van der Waals surface area contributed by atoms with E-state index in [1.807, 2.05) is 0 Å². The van der Waals surface area contributed by atoms with Crippen LogP contribution < -0.4 is 0 Å². The molecular weight excluding hydrogens is 268 g/mol. The second-order valence-corrected chi connectivity index (χ2v) is 34.7. The van der Waals surface area contributed by atoms with Crippen molar-refractivity contribution < 1.29 is 16.0 Å². The molecule has 98 valence electrons. The fourth-order valence-corrected chi connectivity index (χ4v) is 89.1. The van der Waals surface area contributed by atoms with Crippen LogP contribution in [0.15, 0.2) is 0 Å². The quantitative estimate of drug-likeness (QED) is 0.576. The second kappa shape index (κ2) is 0.601. The van der Waals surface area contributed by atoms with Gasteiger partial charge in [0.1, 0.15) is 0 Å². The summed E-state index contributed by atoms with van der Waals surface area (Å²) in [6.45, 7) is -0.939. The standard InChI is InChI=1S/C10H13O2.C5H5.Fe/c1-2-3-8-10(11)12-9-6-4-5-7-9;1-2-4-5-3-1;/h4-7H,2-3,8H2,1H3;1-5H;. The van der Waals surface area contributed by atoms with Crippen molar-refractivity contribution in [2.45, 2.75) is 74.0 Å². The molecule has 10 rings (SSSR count). The first-order chi connectivity index (χ1) is 8.50. The van der Waals surface area contributed by atoms with E-state index in [4.69, 9.17) is 4.74 Å². The van der Waals surface area contributed by atoms with Crippen molar-refractivity contribution in [1.29, 1.82) is 0 Å². The van der Waals surface area contributed by atoms with Gasteiger partial charge in [0.15, 0.2) is 0 Å². The molecule has 4 atom stereocenters. The third kappa shape index (κ3) is 0.0729. The van der Waals surface area contributed by atoms with Gasteiger partial charge in [0.25, 0.3) is 0 Å². The summed E-state index contributed by atoms with van der Waals surface area (Å²) in [7, 11) is 0. The van der Waals surface area contributed by atoms with E-state index in [0.717, 1.165) is 22.5 Å². The molecule has 0 radical (unpaired) electrons. The molecule has 10 heterocycles. The number of carbonyl (C=O) groups excluding carboxylic acids is 1. The van der Waals surface area contributed by atoms with Crippen molar-refractivity contribution in [2.75, 3.05) is 0 Å². The summed E-state index contributed by atoms with van der Waals surface area (Å²) in [4.78, 5) is 23.3. The van der Waals surface area contributed by atoms with Crippen molar-refractivity contribution in [1.82, 2.24) is 0 Å². The minimum absolute atomic E-state index is 0.199. The molecule has 10 saturated heterocycles. The molecule has 0 aromatic carbocycles. The average molecular weight is 286 g/mol. The van der Waals surface area contributed by atoms with Crippen molar-refractivity contribution in [2.24, 2.45) is 0 Å². The van der Waals surface area contributed by atoms with Crippen LogP contribution in [0.4, 0.5) is 0 Å². The van der Waals surface area contributed by atoms with Crippen LogP contribution in [0.1, 0.15) is 26.2 Å². The minimum atomic E-state index is -3.10.